The van der Waals surface area contributed by atoms with Crippen molar-refractivity contribution < 1.29 is 19.0 Å². The van der Waals surface area contributed by atoms with Crippen LogP contribution in [-0.2, 0) is 0 Å². The summed E-state index contributed by atoms with van der Waals surface area (Å²) in [6.45, 7) is 4.53. The average Bonchev–Trinajstić information content (AvgIpc) is 2.43. The number of ether oxygens (including phenoxy) is 1. The Kier molecular flexibility index (Phi) is 6.42. The van der Waals surface area contributed by atoms with E-state index in [4.69, 9.17) is 9.84 Å². The third kappa shape index (κ3) is 6.44. The summed E-state index contributed by atoms with van der Waals surface area (Å²) < 4.78 is 18.2. The van der Waals surface area contributed by atoms with E-state index in [0.717, 1.165) is 12.8 Å². The molecule has 0 saturated carbocycles. The molecule has 0 unspecified atom stereocenters. The molecule has 0 bridgehead atoms. The molecule has 1 rings (SSSR count). The molecular weight excluding hydrogens is 275 g/mol. The van der Waals surface area contributed by atoms with Crippen LogP contribution >= 0.6 is 0 Å². The summed E-state index contributed by atoms with van der Waals surface area (Å²) in [5.41, 5.74) is 0.189. The summed E-state index contributed by atoms with van der Waals surface area (Å²) >= 11 is 0. The molecule has 21 heavy (non-hydrogen) atoms. The number of benzene rings is 1. The van der Waals surface area contributed by atoms with E-state index in [1.54, 1.807) is 0 Å². The normalized spacial score (nSPS) is 11.1. The Morgan fingerprint density at radius 2 is 2.10 bits per heavy atom. The van der Waals surface area contributed by atoms with E-state index in [9.17, 15) is 9.18 Å². The van der Waals surface area contributed by atoms with Gasteiger partial charge in [0.1, 0.15) is 11.6 Å². The topological polar surface area (TPSA) is 70.6 Å². The maximum absolute atomic E-state index is 13.3. The van der Waals surface area contributed by atoms with Gasteiger partial charge in [0.2, 0.25) is 0 Å². The molecule has 0 saturated heterocycles. The van der Waals surface area contributed by atoms with Gasteiger partial charge in [-0.25, -0.2) is 9.18 Å². The summed E-state index contributed by atoms with van der Waals surface area (Å²) in [5.74, 6) is -0.135. The Hall–Kier alpha value is -1.82. The third-order valence-corrected chi connectivity index (χ3v) is 3.11. The number of amides is 2. The van der Waals surface area contributed by atoms with Crippen molar-refractivity contribution in [1.82, 2.24) is 5.32 Å². The molecule has 5 nitrogen and oxygen atoms in total. The Morgan fingerprint density at radius 3 is 2.71 bits per heavy atom. The van der Waals surface area contributed by atoms with Gasteiger partial charge >= 0.3 is 6.03 Å². The lowest BCUT2D eigenvalue weighted by atomic mass is 9.89. The fourth-order valence-electron chi connectivity index (χ4n) is 1.78. The molecule has 0 aliphatic heterocycles. The minimum atomic E-state index is -0.477. The van der Waals surface area contributed by atoms with Crippen molar-refractivity contribution in [3.05, 3.63) is 24.0 Å². The van der Waals surface area contributed by atoms with E-state index in [1.165, 1.54) is 25.3 Å². The van der Waals surface area contributed by atoms with Gasteiger partial charge in [0.15, 0.2) is 0 Å². The summed E-state index contributed by atoms with van der Waals surface area (Å²) in [6, 6.07) is 3.60. The van der Waals surface area contributed by atoms with Crippen LogP contribution in [0.5, 0.6) is 5.75 Å². The van der Waals surface area contributed by atoms with Crippen LogP contribution in [0.4, 0.5) is 14.9 Å². The lowest BCUT2D eigenvalue weighted by Gasteiger charge is -2.21. The molecule has 118 valence electrons. The number of methoxy groups -OCH3 is 1. The van der Waals surface area contributed by atoms with Crippen molar-refractivity contribution in [2.45, 2.75) is 26.7 Å². The van der Waals surface area contributed by atoms with E-state index in [0.29, 0.717) is 18.0 Å². The zero-order chi connectivity index (χ0) is 15.9. The predicted molar refractivity (Wildman–Crippen MR) is 80.1 cm³/mol. The van der Waals surface area contributed by atoms with E-state index in [-0.39, 0.29) is 12.0 Å². The fourth-order valence-corrected chi connectivity index (χ4v) is 1.78. The van der Waals surface area contributed by atoms with Crippen LogP contribution in [0.3, 0.4) is 0 Å². The molecule has 3 N–H and O–H groups in total. The molecule has 0 aromatic heterocycles. The van der Waals surface area contributed by atoms with Crippen LogP contribution < -0.4 is 15.4 Å². The van der Waals surface area contributed by atoms with E-state index >= 15 is 0 Å². The van der Waals surface area contributed by atoms with E-state index in [2.05, 4.69) is 10.6 Å². The van der Waals surface area contributed by atoms with Gasteiger partial charge in [-0.1, -0.05) is 13.8 Å². The molecule has 0 fully saturated rings. The molecule has 1 aromatic carbocycles. The maximum atomic E-state index is 13.3. The number of aliphatic hydroxyl groups excluding tert-OH is 1. The summed E-state index contributed by atoms with van der Waals surface area (Å²) in [5, 5.41) is 14.4. The van der Waals surface area contributed by atoms with Crippen molar-refractivity contribution in [3.63, 3.8) is 0 Å². The average molecular weight is 298 g/mol. The van der Waals surface area contributed by atoms with Gasteiger partial charge in [0.05, 0.1) is 7.11 Å². The van der Waals surface area contributed by atoms with Crippen LogP contribution in [0.1, 0.15) is 26.7 Å². The minimum Gasteiger partial charge on any atom is -0.497 e. The van der Waals surface area contributed by atoms with Gasteiger partial charge in [-0.05, 0) is 24.3 Å². The quantitative estimate of drug-likeness (QED) is 0.678. The highest BCUT2D eigenvalue weighted by Gasteiger charge is 2.15. The lowest BCUT2D eigenvalue weighted by molar-refractivity contribution is 0.148. The molecule has 0 aliphatic rings. The highest BCUT2D eigenvalue weighted by Crippen LogP contribution is 2.21. The lowest BCUT2D eigenvalue weighted by Crippen LogP contribution is -2.30. The fraction of sp³-hybridized carbons (Fsp3) is 0.533. The number of rotatable bonds is 7. The number of aliphatic hydroxyl groups is 1. The Balaban J connectivity index is 2.39. The van der Waals surface area contributed by atoms with Gasteiger partial charge < -0.3 is 20.5 Å². The molecule has 0 atom stereocenters. The number of carbonyl (C=O) groups is 1. The number of halogens is 1. The molecule has 1 aromatic rings. The second-order valence-electron chi connectivity index (χ2n) is 5.69. The van der Waals surface area contributed by atoms with Gasteiger partial charge in [0, 0.05) is 31.0 Å². The first kappa shape index (κ1) is 17.2. The molecule has 2 amide bonds. The van der Waals surface area contributed by atoms with Crippen LogP contribution in [0.15, 0.2) is 18.2 Å². The van der Waals surface area contributed by atoms with E-state index < -0.39 is 11.8 Å². The molecule has 0 aliphatic carbocycles. The molecule has 0 heterocycles. The van der Waals surface area contributed by atoms with Crippen LogP contribution in [0.2, 0.25) is 0 Å². The van der Waals surface area contributed by atoms with Crippen LogP contribution in [0.25, 0.3) is 0 Å². The number of hydrogen-bond donors (Lipinski definition) is 3. The van der Waals surface area contributed by atoms with Crippen molar-refractivity contribution in [2.75, 3.05) is 25.6 Å². The Labute approximate surface area is 124 Å². The second kappa shape index (κ2) is 7.83. The minimum absolute atomic E-state index is 0.113. The van der Waals surface area contributed by atoms with Crippen molar-refractivity contribution >= 4 is 11.7 Å². The zero-order valence-corrected chi connectivity index (χ0v) is 12.7. The van der Waals surface area contributed by atoms with E-state index in [1.807, 2.05) is 13.8 Å². The molecular formula is C15H23FN2O3. The number of nitrogens with one attached hydrogen (secondary N) is 2. The molecule has 6 heteroatoms. The first-order valence-electron chi connectivity index (χ1n) is 6.86. The monoisotopic (exact) mass is 298 g/mol. The standard InChI is InChI=1S/C15H23FN2O3/c1-15(2,10-19)5-4-6-17-14(20)18-12-7-11(16)8-13(9-12)21-3/h7-9,19H,4-6,10H2,1-3H3,(H2,17,18,20). The van der Waals surface area contributed by atoms with Crippen LogP contribution in [0, 0.1) is 11.2 Å². The van der Waals surface area contributed by atoms with Crippen molar-refractivity contribution in [3.8, 4) is 5.75 Å². The zero-order valence-electron chi connectivity index (χ0n) is 12.7. The SMILES string of the molecule is COc1cc(F)cc(NC(=O)NCCCC(C)(C)CO)c1. The maximum Gasteiger partial charge on any atom is 0.319 e. The van der Waals surface area contributed by atoms with Crippen molar-refractivity contribution in [2.24, 2.45) is 5.41 Å². The summed E-state index contributed by atoms with van der Waals surface area (Å²) in [7, 11) is 1.43. The first-order valence-corrected chi connectivity index (χ1v) is 6.86. The number of urea groups is 1. The first-order chi connectivity index (χ1) is 9.86. The van der Waals surface area contributed by atoms with Gasteiger partial charge in [-0.2, -0.15) is 0 Å². The Morgan fingerprint density at radius 1 is 1.38 bits per heavy atom. The second-order valence-corrected chi connectivity index (χ2v) is 5.69. The highest BCUT2D eigenvalue weighted by atomic mass is 19.1. The third-order valence-electron chi connectivity index (χ3n) is 3.11. The van der Waals surface area contributed by atoms with Gasteiger partial charge in [0.25, 0.3) is 0 Å². The predicted octanol–water partition coefficient (Wildman–Crippen LogP) is 2.75. The number of hydrogen-bond acceptors (Lipinski definition) is 3. The van der Waals surface area contributed by atoms with Crippen LogP contribution in [-0.4, -0.2) is 31.4 Å². The molecule has 0 spiro atoms. The van der Waals surface area contributed by atoms with Gasteiger partial charge in [-0.3, -0.25) is 0 Å². The largest absolute Gasteiger partial charge is 0.497 e. The highest BCUT2D eigenvalue weighted by molar-refractivity contribution is 5.89. The summed E-state index contributed by atoms with van der Waals surface area (Å²) in [4.78, 5) is 11.7. The number of anilines is 1. The van der Waals surface area contributed by atoms with Crippen molar-refractivity contribution in [1.29, 1.82) is 0 Å². The molecule has 0 radical (unpaired) electrons. The summed E-state index contributed by atoms with van der Waals surface area (Å²) in [6.07, 6.45) is 1.56. The van der Waals surface area contributed by atoms with Gasteiger partial charge in [-0.15, -0.1) is 0 Å². The number of carbonyl (C=O) groups excluding carboxylic acids is 1. The Bertz CT molecular complexity index is 478. The smallest absolute Gasteiger partial charge is 0.319 e.